The summed E-state index contributed by atoms with van der Waals surface area (Å²) in [7, 11) is 1.96. The van der Waals surface area contributed by atoms with E-state index >= 15 is 0 Å². The number of carbonyl (C=O) groups excluding carboxylic acids is 1. The number of carbonyl (C=O) groups is 1. The van der Waals surface area contributed by atoms with Gasteiger partial charge in [-0.2, -0.15) is 0 Å². The van der Waals surface area contributed by atoms with Crippen molar-refractivity contribution in [1.29, 1.82) is 0 Å². The van der Waals surface area contributed by atoms with E-state index in [9.17, 15) is 9.18 Å². The van der Waals surface area contributed by atoms with Crippen LogP contribution < -0.4 is 10.2 Å². The summed E-state index contributed by atoms with van der Waals surface area (Å²) in [6.45, 7) is 1.52. The second kappa shape index (κ2) is 8.65. The molecule has 0 spiro atoms. The molecule has 0 aliphatic rings. The largest absolute Gasteiger partial charge is 0.351 e. The van der Waals surface area contributed by atoms with E-state index in [-0.39, 0.29) is 11.7 Å². The molecule has 0 radical (unpaired) electrons. The van der Waals surface area contributed by atoms with E-state index in [4.69, 9.17) is 11.6 Å². The molecular formula is C18H21ClFN2O+. The fraction of sp³-hybridized carbons (Fsp3) is 0.278. The first kappa shape index (κ1) is 17.4. The molecule has 0 saturated heterocycles. The van der Waals surface area contributed by atoms with E-state index in [0.717, 1.165) is 17.0 Å². The highest BCUT2D eigenvalue weighted by molar-refractivity contribution is 6.30. The number of amides is 1. The zero-order valence-electron chi connectivity index (χ0n) is 13.1. The first-order valence-corrected chi connectivity index (χ1v) is 7.98. The molecule has 0 bridgehead atoms. The Labute approximate surface area is 141 Å². The number of nitrogens with one attached hydrogen (secondary N) is 2. The van der Waals surface area contributed by atoms with Gasteiger partial charge in [0, 0.05) is 17.1 Å². The van der Waals surface area contributed by atoms with Gasteiger partial charge in [-0.25, -0.2) is 4.39 Å². The first-order chi connectivity index (χ1) is 11.0. The molecule has 1 atom stereocenters. The van der Waals surface area contributed by atoms with Gasteiger partial charge in [0.2, 0.25) is 0 Å². The van der Waals surface area contributed by atoms with Gasteiger partial charge < -0.3 is 10.2 Å². The molecular weight excluding hydrogens is 315 g/mol. The summed E-state index contributed by atoms with van der Waals surface area (Å²) < 4.78 is 13.5. The minimum Gasteiger partial charge on any atom is -0.351 e. The van der Waals surface area contributed by atoms with Crippen LogP contribution in [0.25, 0.3) is 0 Å². The smallest absolute Gasteiger partial charge is 0.275 e. The van der Waals surface area contributed by atoms with Gasteiger partial charge in [0.1, 0.15) is 12.4 Å². The first-order valence-electron chi connectivity index (χ1n) is 7.60. The summed E-state index contributed by atoms with van der Waals surface area (Å²) in [6, 6.07) is 14.2. The van der Waals surface area contributed by atoms with E-state index < -0.39 is 0 Å². The van der Waals surface area contributed by atoms with Gasteiger partial charge >= 0.3 is 0 Å². The van der Waals surface area contributed by atoms with Crippen LogP contribution in [-0.2, 0) is 17.8 Å². The van der Waals surface area contributed by atoms with Crippen LogP contribution >= 0.6 is 11.6 Å². The number of benzene rings is 2. The summed E-state index contributed by atoms with van der Waals surface area (Å²) in [5.74, 6) is -0.272. The number of halogens is 2. The average Bonchev–Trinajstić information content (AvgIpc) is 2.49. The predicted molar refractivity (Wildman–Crippen MR) is 90.0 cm³/mol. The van der Waals surface area contributed by atoms with Crippen molar-refractivity contribution in [2.24, 2.45) is 0 Å². The Morgan fingerprint density at radius 3 is 2.74 bits per heavy atom. The highest BCUT2D eigenvalue weighted by Gasteiger charge is 2.10. The lowest BCUT2D eigenvalue weighted by molar-refractivity contribution is -0.885. The standard InChI is InChI=1S/C18H20ClFN2O/c1-22(12-14-5-4-7-16(19)11-14)13-18(23)21-10-9-15-6-2-3-8-17(15)20/h2-8,11H,9-10,12-13H2,1H3,(H,21,23)/p+1. The van der Waals surface area contributed by atoms with Crippen LogP contribution in [0.2, 0.25) is 5.02 Å². The Morgan fingerprint density at radius 1 is 1.22 bits per heavy atom. The molecule has 0 saturated carbocycles. The van der Waals surface area contributed by atoms with Crippen LogP contribution in [0.5, 0.6) is 0 Å². The van der Waals surface area contributed by atoms with E-state index in [2.05, 4.69) is 5.32 Å². The van der Waals surface area contributed by atoms with Gasteiger partial charge in [-0.15, -0.1) is 0 Å². The van der Waals surface area contributed by atoms with Gasteiger partial charge in [0.15, 0.2) is 6.54 Å². The van der Waals surface area contributed by atoms with Crippen LogP contribution in [0.1, 0.15) is 11.1 Å². The maximum atomic E-state index is 13.5. The summed E-state index contributed by atoms with van der Waals surface area (Å²) in [6.07, 6.45) is 0.492. The van der Waals surface area contributed by atoms with Crippen LogP contribution in [0, 0.1) is 5.82 Å². The molecule has 0 aliphatic carbocycles. The molecule has 0 aliphatic heterocycles. The van der Waals surface area contributed by atoms with Crippen molar-refractivity contribution in [1.82, 2.24) is 5.32 Å². The summed E-state index contributed by atoms with van der Waals surface area (Å²) in [5.41, 5.74) is 1.71. The Kier molecular flexibility index (Phi) is 6.56. The van der Waals surface area contributed by atoms with Crippen LogP contribution in [0.3, 0.4) is 0 Å². The van der Waals surface area contributed by atoms with Crippen molar-refractivity contribution in [3.8, 4) is 0 Å². The van der Waals surface area contributed by atoms with E-state index in [1.807, 2.05) is 31.3 Å². The quantitative estimate of drug-likeness (QED) is 0.795. The number of quaternary nitrogens is 1. The third kappa shape index (κ3) is 6.00. The fourth-order valence-electron chi connectivity index (χ4n) is 2.43. The van der Waals surface area contributed by atoms with Crippen LogP contribution in [0.15, 0.2) is 48.5 Å². The van der Waals surface area contributed by atoms with Gasteiger partial charge in [-0.1, -0.05) is 41.9 Å². The zero-order chi connectivity index (χ0) is 16.7. The number of likely N-dealkylation sites (N-methyl/N-ethyl adjacent to an activating group) is 1. The molecule has 122 valence electrons. The number of rotatable bonds is 7. The van der Waals surface area contributed by atoms with Crippen molar-refractivity contribution in [2.75, 3.05) is 20.1 Å². The lowest BCUT2D eigenvalue weighted by Gasteiger charge is -2.14. The van der Waals surface area contributed by atoms with Crippen LogP contribution in [0.4, 0.5) is 4.39 Å². The van der Waals surface area contributed by atoms with Crippen LogP contribution in [-0.4, -0.2) is 26.0 Å². The summed E-state index contributed by atoms with van der Waals surface area (Å²) in [4.78, 5) is 13.0. The topological polar surface area (TPSA) is 33.5 Å². The van der Waals surface area contributed by atoms with E-state index in [1.165, 1.54) is 6.07 Å². The Bertz CT molecular complexity index is 663. The normalized spacial score (nSPS) is 12.0. The lowest BCUT2D eigenvalue weighted by atomic mass is 10.1. The van der Waals surface area contributed by atoms with Gasteiger partial charge in [0.25, 0.3) is 5.91 Å². The third-order valence-corrected chi connectivity index (χ3v) is 3.77. The Balaban J connectivity index is 1.73. The van der Waals surface area contributed by atoms with E-state index in [1.54, 1.807) is 18.2 Å². The molecule has 1 amide bonds. The maximum absolute atomic E-state index is 13.5. The number of hydrogen-bond acceptors (Lipinski definition) is 1. The minimum atomic E-state index is -0.231. The molecule has 3 nitrogen and oxygen atoms in total. The van der Waals surface area contributed by atoms with Crippen molar-refractivity contribution >= 4 is 17.5 Å². The second-order valence-electron chi connectivity index (χ2n) is 5.63. The van der Waals surface area contributed by atoms with Gasteiger partial charge in [0.05, 0.1) is 7.05 Å². The van der Waals surface area contributed by atoms with Crippen molar-refractivity contribution in [2.45, 2.75) is 13.0 Å². The Morgan fingerprint density at radius 2 is 2.00 bits per heavy atom. The highest BCUT2D eigenvalue weighted by Crippen LogP contribution is 2.09. The Hall–Kier alpha value is -1.91. The van der Waals surface area contributed by atoms with Crippen molar-refractivity contribution in [3.05, 3.63) is 70.5 Å². The molecule has 0 heterocycles. The molecule has 5 heteroatoms. The zero-order valence-corrected chi connectivity index (χ0v) is 13.9. The van der Waals surface area contributed by atoms with E-state index in [0.29, 0.717) is 30.1 Å². The minimum absolute atomic E-state index is 0.0409. The predicted octanol–water partition coefficient (Wildman–Crippen LogP) is 1.85. The molecule has 2 rings (SSSR count). The summed E-state index contributed by atoms with van der Waals surface area (Å²) in [5, 5.41) is 3.53. The van der Waals surface area contributed by atoms with Gasteiger partial charge in [-0.3, -0.25) is 4.79 Å². The maximum Gasteiger partial charge on any atom is 0.275 e. The molecule has 0 aromatic heterocycles. The molecule has 2 N–H and O–H groups in total. The SMILES string of the molecule is C[NH+](CC(=O)NCCc1ccccc1F)Cc1cccc(Cl)c1. The molecule has 0 fully saturated rings. The lowest BCUT2D eigenvalue weighted by Crippen LogP contribution is -3.08. The second-order valence-corrected chi connectivity index (χ2v) is 6.07. The fourth-order valence-corrected chi connectivity index (χ4v) is 2.65. The third-order valence-electron chi connectivity index (χ3n) is 3.53. The number of hydrogen-bond donors (Lipinski definition) is 2. The summed E-state index contributed by atoms with van der Waals surface area (Å²) >= 11 is 5.95. The molecule has 1 unspecified atom stereocenters. The molecule has 23 heavy (non-hydrogen) atoms. The van der Waals surface area contributed by atoms with Gasteiger partial charge in [-0.05, 0) is 30.2 Å². The molecule has 2 aromatic rings. The van der Waals surface area contributed by atoms with Crippen molar-refractivity contribution < 1.29 is 14.1 Å². The monoisotopic (exact) mass is 335 g/mol. The molecule has 2 aromatic carbocycles. The highest BCUT2D eigenvalue weighted by atomic mass is 35.5. The average molecular weight is 336 g/mol. The van der Waals surface area contributed by atoms with Crippen molar-refractivity contribution in [3.63, 3.8) is 0 Å².